The monoisotopic (exact) mass is 334 g/mol. The number of amides is 1. The highest BCUT2D eigenvalue weighted by Crippen LogP contribution is 2.31. The molecule has 7 heteroatoms. The van der Waals surface area contributed by atoms with Gasteiger partial charge in [0.1, 0.15) is 5.82 Å². The number of halogens is 1. The lowest BCUT2D eigenvalue weighted by molar-refractivity contribution is 0.0989. The van der Waals surface area contributed by atoms with Crippen molar-refractivity contribution in [1.82, 2.24) is 4.72 Å². The quantitative estimate of drug-likeness (QED) is 0.933. The molecule has 1 aliphatic heterocycles. The number of nitrogens with zero attached hydrogens (tertiary/aromatic N) is 1. The maximum Gasteiger partial charge on any atom is 0.258 e. The third-order valence-corrected chi connectivity index (χ3v) is 5.27. The molecule has 120 valence electrons. The Kier molecular flexibility index (Phi) is 3.91. The van der Waals surface area contributed by atoms with E-state index < -0.39 is 15.8 Å². The van der Waals surface area contributed by atoms with Gasteiger partial charge in [0.15, 0.2) is 0 Å². The van der Waals surface area contributed by atoms with Crippen LogP contribution in [0.3, 0.4) is 0 Å². The summed E-state index contributed by atoms with van der Waals surface area (Å²) in [4.78, 5) is 14.3. The first-order chi connectivity index (χ1) is 10.9. The van der Waals surface area contributed by atoms with Crippen molar-refractivity contribution in [2.75, 3.05) is 18.5 Å². The fraction of sp³-hybridized carbons (Fsp3) is 0.188. The van der Waals surface area contributed by atoms with Crippen LogP contribution in [0.4, 0.5) is 10.1 Å². The van der Waals surface area contributed by atoms with Gasteiger partial charge in [-0.2, -0.15) is 0 Å². The van der Waals surface area contributed by atoms with Crippen molar-refractivity contribution in [3.63, 3.8) is 0 Å². The molecule has 3 rings (SSSR count). The van der Waals surface area contributed by atoms with E-state index in [1.54, 1.807) is 17.0 Å². The Hall–Kier alpha value is -2.25. The molecule has 0 saturated carbocycles. The summed E-state index contributed by atoms with van der Waals surface area (Å²) in [6.45, 7) is 0.467. The zero-order valence-electron chi connectivity index (χ0n) is 12.4. The summed E-state index contributed by atoms with van der Waals surface area (Å²) in [6.07, 6.45) is 0.579. The molecule has 0 radical (unpaired) electrons. The maximum atomic E-state index is 13.0. The highest BCUT2D eigenvalue weighted by atomic mass is 32.2. The van der Waals surface area contributed by atoms with Gasteiger partial charge in [-0.05, 0) is 61.5 Å². The van der Waals surface area contributed by atoms with E-state index >= 15 is 0 Å². The Labute approximate surface area is 133 Å². The maximum absolute atomic E-state index is 13.0. The zero-order chi connectivity index (χ0) is 16.6. The number of sulfonamides is 1. The Bertz CT molecular complexity index is 863. The third-order valence-electron chi connectivity index (χ3n) is 3.86. The van der Waals surface area contributed by atoms with E-state index in [9.17, 15) is 17.6 Å². The molecule has 0 aliphatic carbocycles. The molecule has 0 aromatic heterocycles. The number of hydrogen-bond donors (Lipinski definition) is 1. The van der Waals surface area contributed by atoms with Crippen molar-refractivity contribution in [3.8, 4) is 0 Å². The minimum atomic E-state index is -3.51. The Balaban J connectivity index is 1.93. The minimum absolute atomic E-state index is 0.176. The number of fused-ring (bicyclic) bond motifs is 1. The van der Waals surface area contributed by atoms with Crippen LogP contribution in [0, 0.1) is 5.82 Å². The molecule has 1 heterocycles. The van der Waals surface area contributed by atoms with Gasteiger partial charge in [0, 0.05) is 17.8 Å². The first-order valence-electron chi connectivity index (χ1n) is 7.06. The van der Waals surface area contributed by atoms with Crippen LogP contribution in [-0.4, -0.2) is 27.9 Å². The van der Waals surface area contributed by atoms with Gasteiger partial charge in [-0.15, -0.1) is 0 Å². The summed E-state index contributed by atoms with van der Waals surface area (Å²) in [5.41, 5.74) is 1.89. The standard InChI is InChI=1S/C16H15FN2O3S/c1-18-23(21,22)14-6-7-15-12(10-14)8-9-19(15)16(20)11-2-4-13(17)5-3-11/h2-7,10,18H,8-9H2,1H3. The molecule has 1 amide bonds. The van der Waals surface area contributed by atoms with Crippen LogP contribution in [-0.2, 0) is 16.4 Å². The summed E-state index contributed by atoms with van der Waals surface area (Å²) in [6, 6.07) is 10.1. The molecule has 0 fully saturated rings. The Morgan fingerprint density at radius 3 is 2.52 bits per heavy atom. The minimum Gasteiger partial charge on any atom is -0.308 e. The van der Waals surface area contributed by atoms with E-state index in [-0.39, 0.29) is 10.8 Å². The molecule has 1 N–H and O–H groups in total. The smallest absolute Gasteiger partial charge is 0.258 e. The molecule has 5 nitrogen and oxygen atoms in total. The van der Waals surface area contributed by atoms with Crippen LogP contribution in [0.15, 0.2) is 47.4 Å². The van der Waals surface area contributed by atoms with E-state index in [0.717, 1.165) is 5.56 Å². The van der Waals surface area contributed by atoms with Crippen molar-refractivity contribution in [3.05, 3.63) is 59.4 Å². The van der Waals surface area contributed by atoms with Crippen molar-refractivity contribution in [2.45, 2.75) is 11.3 Å². The predicted molar refractivity (Wildman–Crippen MR) is 84.5 cm³/mol. The Morgan fingerprint density at radius 2 is 1.87 bits per heavy atom. The molecule has 2 aromatic rings. The topological polar surface area (TPSA) is 66.5 Å². The molecule has 0 unspecified atom stereocenters. The van der Waals surface area contributed by atoms with Gasteiger partial charge < -0.3 is 4.90 Å². The van der Waals surface area contributed by atoms with Crippen LogP contribution < -0.4 is 9.62 Å². The molecule has 0 spiro atoms. The van der Waals surface area contributed by atoms with Crippen molar-refractivity contribution < 1.29 is 17.6 Å². The predicted octanol–water partition coefficient (Wildman–Crippen LogP) is 1.94. The van der Waals surface area contributed by atoms with Crippen molar-refractivity contribution in [2.24, 2.45) is 0 Å². The molecule has 0 bridgehead atoms. The van der Waals surface area contributed by atoms with Crippen LogP contribution in [0.2, 0.25) is 0 Å². The molecule has 0 atom stereocenters. The molecule has 0 saturated heterocycles. The Morgan fingerprint density at radius 1 is 1.17 bits per heavy atom. The number of anilines is 1. The van der Waals surface area contributed by atoms with Gasteiger partial charge in [0.25, 0.3) is 5.91 Å². The second-order valence-electron chi connectivity index (χ2n) is 5.21. The van der Waals surface area contributed by atoms with Crippen LogP contribution in [0.25, 0.3) is 0 Å². The van der Waals surface area contributed by atoms with Crippen molar-refractivity contribution >= 4 is 21.6 Å². The van der Waals surface area contributed by atoms with Gasteiger partial charge in [-0.25, -0.2) is 17.5 Å². The fourth-order valence-corrected chi connectivity index (χ4v) is 3.40. The van der Waals surface area contributed by atoms with Gasteiger partial charge in [-0.3, -0.25) is 4.79 Å². The molecular formula is C16H15FN2O3S. The number of benzene rings is 2. The van der Waals surface area contributed by atoms with Crippen LogP contribution in [0.5, 0.6) is 0 Å². The van der Waals surface area contributed by atoms with Gasteiger partial charge in [-0.1, -0.05) is 0 Å². The lowest BCUT2D eigenvalue weighted by atomic mass is 10.1. The van der Waals surface area contributed by atoms with Crippen molar-refractivity contribution in [1.29, 1.82) is 0 Å². The lowest BCUT2D eigenvalue weighted by Crippen LogP contribution is -2.28. The summed E-state index contributed by atoms with van der Waals surface area (Å²) in [7, 11) is -2.16. The van der Waals surface area contributed by atoms with Gasteiger partial charge in [0.2, 0.25) is 10.0 Å². The number of nitrogens with one attached hydrogen (secondary N) is 1. The first-order valence-corrected chi connectivity index (χ1v) is 8.54. The molecule has 2 aromatic carbocycles. The highest BCUT2D eigenvalue weighted by Gasteiger charge is 2.27. The highest BCUT2D eigenvalue weighted by molar-refractivity contribution is 7.89. The molecular weight excluding hydrogens is 319 g/mol. The molecule has 1 aliphatic rings. The van der Waals surface area contributed by atoms with Gasteiger partial charge in [0.05, 0.1) is 4.90 Å². The summed E-state index contributed by atoms with van der Waals surface area (Å²) in [5, 5.41) is 0. The largest absolute Gasteiger partial charge is 0.308 e. The second kappa shape index (κ2) is 5.75. The number of hydrogen-bond acceptors (Lipinski definition) is 3. The lowest BCUT2D eigenvalue weighted by Gasteiger charge is -2.17. The fourth-order valence-electron chi connectivity index (χ4n) is 2.62. The van der Waals surface area contributed by atoms with Crippen LogP contribution >= 0.6 is 0 Å². The summed E-state index contributed by atoms with van der Waals surface area (Å²) < 4.78 is 38.9. The molecule has 23 heavy (non-hydrogen) atoms. The summed E-state index contributed by atoms with van der Waals surface area (Å²) in [5.74, 6) is -0.627. The average Bonchev–Trinajstić information content (AvgIpc) is 2.98. The zero-order valence-corrected chi connectivity index (χ0v) is 13.2. The average molecular weight is 334 g/mol. The normalized spacial score (nSPS) is 13.9. The van der Waals surface area contributed by atoms with E-state index in [0.29, 0.717) is 24.2 Å². The number of rotatable bonds is 3. The number of carbonyl (C=O) groups excluding carboxylic acids is 1. The van der Waals surface area contributed by atoms with Crippen LogP contribution in [0.1, 0.15) is 15.9 Å². The second-order valence-corrected chi connectivity index (χ2v) is 7.10. The first kappa shape index (κ1) is 15.6. The summed E-state index contributed by atoms with van der Waals surface area (Å²) >= 11 is 0. The van der Waals surface area contributed by atoms with Gasteiger partial charge >= 0.3 is 0 Å². The third kappa shape index (κ3) is 2.85. The van der Waals surface area contributed by atoms with E-state index in [4.69, 9.17) is 0 Å². The SMILES string of the molecule is CNS(=O)(=O)c1ccc2c(c1)CCN2C(=O)c1ccc(F)cc1. The van der Waals surface area contributed by atoms with E-state index in [2.05, 4.69) is 4.72 Å². The van der Waals surface area contributed by atoms with E-state index in [1.165, 1.54) is 37.4 Å². The van der Waals surface area contributed by atoms with E-state index in [1.807, 2.05) is 0 Å². The number of carbonyl (C=O) groups is 1.